The average Bonchev–Trinajstić information content (AvgIpc) is 2.97. The summed E-state index contributed by atoms with van der Waals surface area (Å²) in [7, 11) is 2.95. The van der Waals surface area contributed by atoms with E-state index in [1.54, 1.807) is 31.4 Å². The molecule has 0 bridgehead atoms. The Labute approximate surface area is 151 Å². The van der Waals surface area contributed by atoms with E-state index < -0.39 is 5.97 Å². The van der Waals surface area contributed by atoms with E-state index in [2.05, 4.69) is 12.2 Å². The first-order chi connectivity index (χ1) is 12.0. The van der Waals surface area contributed by atoms with Gasteiger partial charge in [-0.15, -0.1) is 11.3 Å². The van der Waals surface area contributed by atoms with Crippen LogP contribution in [0, 0.1) is 5.92 Å². The fraction of sp³-hybridized carbons (Fsp3) is 0.368. The van der Waals surface area contributed by atoms with Crippen molar-refractivity contribution in [1.82, 2.24) is 0 Å². The molecule has 25 heavy (non-hydrogen) atoms. The number of carbonyl (C=O) groups is 2. The SMILES string of the molecule is COC(=O)c1c(NC(=O)c2ccc(OC)cc2)sc2c1CCC(C)C2. The average molecular weight is 359 g/mol. The molecule has 6 heteroatoms. The van der Waals surface area contributed by atoms with Crippen molar-refractivity contribution in [3.8, 4) is 5.75 Å². The minimum atomic E-state index is -0.392. The Morgan fingerprint density at radius 1 is 1.20 bits per heavy atom. The minimum Gasteiger partial charge on any atom is -0.497 e. The molecule has 0 saturated carbocycles. The molecule has 5 nitrogen and oxygen atoms in total. The second kappa shape index (κ2) is 7.27. The molecular weight excluding hydrogens is 338 g/mol. The maximum atomic E-state index is 12.6. The fourth-order valence-electron chi connectivity index (χ4n) is 3.07. The van der Waals surface area contributed by atoms with Crippen LogP contribution in [0.1, 0.15) is 44.5 Å². The Morgan fingerprint density at radius 3 is 2.56 bits per heavy atom. The second-order valence-corrected chi connectivity index (χ2v) is 7.34. The van der Waals surface area contributed by atoms with E-state index >= 15 is 0 Å². The molecule has 1 amide bonds. The highest BCUT2D eigenvalue weighted by Gasteiger charge is 2.29. The van der Waals surface area contributed by atoms with Crippen LogP contribution in [-0.4, -0.2) is 26.1 Å². The van der Waals surface area contributed by atoms with Crippen molar-refractivity contribution < 1.29 is 19.1 Å². The van der Waals surface area contributed by atoms with Crippen molar-refractivity contribution in [2.24, 2.45) is 5.92 Å². The van der Waals surface area contributed by atoms with E-state index in [9.17, 15) is 9.59 Å². The summed E-state index contributed by atoms with van der Waals surface area (Å²) in [4.78, 5) is 26.0. The van der Waals surface area contributed by atoms with Crippen LogP contribution in [0.4, 0.5) is 5.00 Å². The number of amides is 1. The van der Waals surface area contributed by atoms with Gasteiger partial charge in [0.15, 0.2) is 0 Å². The predicted octanol–water partition coefficient (Wildman–Crippen LogP) is 3.92. The van der Waals surface area contributed by atoms with E-state index in [0.29, 0.717) is 27.8 Å². The van der Waals surface area contributed by atoms with Crippen LogP contribution in [0.2, 0.25) is 0 Å². The lowest BCUT2D eigenvalue weighted by Crippen LogP contribution is -2.16. The van der Waals surface area contributed by atoms with Crippen molar-refractivity contribution in [1.29, 1.82) is 0 Å². The van der Waals surface area contributed by atoms with Crippen LogP contribution in [-0.2, 0) is 17.6 Å². The number of hydrogen-bond acceptors (Lipinski definition) is 5. The first-order valence-electron chi connectivity index (χ1n) is 8.21. The summed E-state index contributed by atoms with van der Waals surface area (Å²) >= 11 is 1.48. The van der Waals surface area contributed by atoms with Gasteiger partial charge in [-0.25, -0.2) is 4.79 Å². The number of methoxy groups -OCH3 is 2. The highest BCUT2D eigenvalue weighted by atomic mass is 32.1. The molecule has 0 aliphatic heterocycles. The molecule has 1 heterocycles. The molecule has 1 unspecified atom stereocenters. The van der Waals surface area contributed by atoms with Crippen molar-refractivity contribution in [2.45, 2.75) is 26.2 Å². The zero-order valence-corrected chi connectivity index (χ0v) is 15.4. The highest BCUT2D eigenvalue weighted by molar-refractivity contribution is 7.17. The maximum absolute atomic E-state index is 12.6. The molecule has 0 radical (unpaired) electrons. The third kappa shape index (κ3) is 3.54. The van der Waals surface area contributed by atoms with Gasteiger partial charge in [0.05, 0.1) is 19.8 Å². The molecule has 1 aliphatic carbocycles. The summed E-state index contributed by atoms with van der Waals surface area (Å²) in [6.07, 6.45) is 2.82. The van der Waals surface area contributed by atoms with E-state index in [4.69, 9.17) is 9.47 Å². The molecule has 0 spiro atoms. The number of rotatable bonds is 4. The molecule has 1 aromatic heterocycles. The number of benzene rings is 1. The standard InChI is InChI=1S/C19H21NO4S/c1-11-4-9-14-15(10-11)25-18(16(14)19(22)24-3)20-17(21)12-5-7-13(23-2)8-6-12/h5-8,11H,4,9-10H2,1-3H3,(H,20,21). The number of esters is 1. The predicted molar refractivity (Wildman–Crippen MR) is 97.8 cm³/mol. The van der Waals surface area contributed by atoms with Gasteiger partial charge in [-0.05, 0) is 55.0 Å². The molecule has 0 saturated heterocycles. The van der Waals surface area contributed by atoms with E-state index in [1.807, 2.05) is 0 Å². The highest BCUT2D eigenvalue weighted by Crippen LogP contribution is 2.40. The third-order valence-electron chi connectivity index (χ3n) is 4.48. The molecule has 1 atom stereocenters. The topological polar surface area (TPSA) is 64.6 Å². The van der Waals surface area contributed by atoms with Gasteiger partial charge in [0.25, 0.3) is 5.91 Å². The van der Waals surface area contributed by atoms with Gasteiger partial charge < -0.3 is 14.8 Å². The Kier molecular flexibility index (Phi) is 5.08. The summed E-state index contributed by atoms with van der Waals surface area (Å²) in [5.41, 5.74) is 2.05. The van der Waals surface area contributed by atoms with Gasteiger partial charge in [-0.3, -0.25) is 4.79 Å². The van der Waals surface area contributed by atoms with E-state index in [1.165, 1.54) is 23.3 Å². The van der Waals surface area contributed by atoms with E-state index in [0.717, 1.165) is 24.8 Å². The number of nitrogens with one attached hydrogen (secondary N) is 1. The molecule has 0 fully saturated rings. The number of hydrogen-bond donors (Lipinski definition) is 1. The molecule has 1 N–H and O–H groups in total. The normalized spacial score (nSPS) is 16.0. The zero-order valence-electron chi connectivity index (χ0n) is 14.5. The Bertz CT molecular complexity index is 795. The molecule has 1 aliphatic rings. The van der Waals surface area contributed by atoms with Gasteiger partial charge in [0.2, 0.25) is 0 Å². The molecule has 2 aromatic rings. The lowest BCUT2D eigenvalue weighted by Gasteiger charge is -2.18. The Morgan fingerprint density at radius 2 is 1.92 bits per heavy atom. The van der Waals surface area contributed by atoms with Gasteiger partial charge in [-0.2, -0.15) is 0 Å². The monoisotopic (exact) mass is 359 g/mol. The maximum Gasteiger partial charge on any atom is 0.341 e. The van der Waals surface area contributed by atoms with Crippen molar-refractivity contribution >= 4 is 28.2 Å². The van der Waals surface area contributed by atoms with Crippen LogP contribution in [0.25, 0.3) is 0 Å². The lowest BCUT2D eigenvalue weighted by molar-refractivity contribution is 0.0601. The quantitative estimate of drug-likeness (QED) is 0.841. The van der Waals surface area contributed by atoms with E-state index in [-0.39, 0.29) is 5.91 Å². The first kappa shape index (κ1) is 17.5. The number of anilines is 1. The smallest absolute Gasteiger partial charge is 0.341 e. The number of carbonyl (C=O) groups excluding carboxylic acids is 2. The van der Waals surface area contributed by atoms with Gasteiger partial charge in [0.1, 0.15) is 10.8 Å². The van der Waals surface area contributed by atoms with Crippen molar-refractivity contribution in [3.63, 3.8) is 0 Å². The molecule has 132 valence electrons. The summed E-state index contributed by atoms with van der Waals surface area (Å²) in [5.74, 6) is 0.630. The third-order valence-corrected chi connectivity index (χ3v) is 5.65. The van der Waals surface area contributed by atoms with Crippen LogP contribution in [0.3, 0.4) is 0 Å². The number of ether oxygens (including phenoxy) is 2. The minimum absolute atomic E-state index is 0.251. The molecule has 3 rings (SSSR count). The lowest BCUT2D eigenvalue weighted by atomic mass is 9.88. The fourth-order valence-corrected chi connectivity index (χ4v) is 4.47. The van der Waals surface area contributed by atoms with Crippen LogP contribution < -0.4 is 10.1 Å². The van der Waals surface area contributed by atoms with Crippen LogP contribution >= 0.6 is 11.3 Å². The van der Waals surface area contributed by atoms with Crippen molar-refractivity contribution in [2.75, 3.05) is 19.5 Å². The summed E-state index contributed by atoms with van der Waals surface area (Å²) < 4.78 is 10.1. The second-order valence-electron chi connectivity index (χ2n) is 6.23. The van der Waals surface area contributed by atoms with Crippen LogP contribution in [0.5, 0.6) is 5.75 Å². The van der Waals surface area contributed by atoms with Gasteiger partial charge in [0, 0.05) is 10.4 Å². The van der Waals surface area contributed by atoms with Crippen LogP contribution in [0.15, 0.2) is 24.3 Å². The Balaban J connectivity index is 1.90. The largest absolute Gasteiger partial charge is 0.497 e. The first-order valence-corrected chi connectivity index (χ1v) is 9.03. The van der Waals surface area contributed by atoms with Crippen molar-refractivity contribution in [3.05, 3.63) is 45.8 Å². The molecular formula is C19H21NO4S. The zero-order chi connectivity index (χ0) is 18.0. The molecule has 1 aromatic carbocycles. The summed E-state index contributed by atoms with van der Waals surface area (Å²) in [6, 6.07) is 6.86. The number of thiophene rings is 1. The number of fused-ring (bicyclic) bond motifs is 1. The van der Waals surface area contributed by atoms with Gasteiger partial charge in [-0.1, -0.05) is 6.92 Å². The summed E-state index contributed by atoms with van der Waals surface area (Å²) in [5, 5.41) is 3.47. The van der Waals surface area contributed by atoms with Gasteiger partial charge >= 0.3 is 5.97 Å². The summed E-state index contributed by atoms with van der Waals surface area (Å²) in [6.45, 7) is 2.20. The Hall–Kier alpha value is -2.34.